The van der Waals surface area contributed by atoms with E-state index in [4.69, 9.17) is 9.47 Å². The van der Waals surface area contributed by atoms with Gasteiger partial charge in [0.15, 0.2) is 11.5 Å². The molecule has 4 nitrogen and oxygen atoms in total. The maximum absolute atomic E-state index is 9.67. The molecule has 106 valence electrons. The van der Waals surface area contributed by atoms with Gasteiger partial charge in [0.1, 0.15) is 0 Å². The van der Waals surface area contributed by atoms with Crippen LogP contribution in [0.5, 0.6) is 11.5 Å². The first-order valence-electron chi connectivity index (χ1n) is 6.90. The summed E-state index contributed by atoms with van der Waals surface area (Å²) in [5.74, 6) is 0.740. The van der Waals surface area contributed by atoms with Crippen molar-refractivity contribution in [1.29, 1.82) is 0 Å². The molecule has 0 spiro atoms. The first-order chi connectivity index (χ1) is 9.13. The van der Waals surface area contributed by atoms with Crippen molar-refractivity contribution >= 4 is 0 Å². The first-order valence-corrected chi connectivity index (χ1v) is 6.90. The van der Waals surface area contributed by atoms with E-state index in [1.807, 2.05) is 19.1 Å². The molecule has 1 unspecified atom stereocenters. The Kier molecular flexibility index (Phi) is 4.66. The van der Waals surface area contributed by atoms with Crippen LogP contribution in [0.25, 0.3) is 0 Å². The van der Waals surface area contributed by atoms with Crippen LogP contribution in [0.3, 0.4) is 0 Å². The maximum Gasteiger partial charge on any atom is 0.161 e. The van der Waals surface area contributed by atoms with E-state index < -0.39 is 0 Å². The Labute approximate surface area is 114 Å². The Morgan fingerprint density at radius 1 is 1.47 bits per heavy atom. The summed E-state index contributed by atoms with van der Waals surface area (Å²) >= 11 is 0. The third-order valence-electron chi connectivity index (χ3n) is 3.48. The van der Waals surface area contributed by atoms with E-state index in [-0.39, 0.29) is 11.3 Å². The molecule has 0 aromatic heterocycles. The molecule has 1 aliphatic heterocycles. The van der Waals surface area contributed by atoms with Gasteiger partial charge in [0.2, 0.25) is 0 Å². The molecule has 1 heterocycles. The lowest BCUT2D eigenvalue weighted by molar-refractivity contribution is 0.0278. The molecule has 0 amide bonds. The summed E-state index contributed by atoms with van der Waals surface area (Å²) in [6.45, 7) is 7.02. The van der Waals surface area contributed by atoms with Gasteiger partial charge in [-0.25, -0.2) is 0 Å². The van der Waals surface area contributed by atoms with Crippen LogP contribution in [0.1, 0.15) is 32.3 Å². The van der Waals surface area contributed by atoms with Crippen LogP contribution < -0.4 is 10.1 Å². The number of hydrogen-bond donors (Lipinski definition) is 2. The highest BCUT2D eigenvalue weighted by Crippen LogP contribution is 2.27. The predicted molar refractivity (Wildman–Crippen MR) is 74.6 cm³/mol. The van der Waals surface area contributed by atoms with E-state index in [1.165, 1.54) is 0 Å². The first kappa shape index (κ1) is 14.2. The molecular formula is C15H23NO3. The van der Waals surface area contributed by atoms with Gasteiger partial charge in [-0.3, -0.25) is 0 Å². The van der Waals surface area contributed by atoms with E-state index in [1.54, 1.807) is 6.07 Å². The van der Waals surface area contributed by atoms with Gasteiger partial charge in [-0.05, 0) is 44.4 Å². The van der Waals surface area contributed by atoms with E-state index in [0.717, 1.165) is 38.2 Å². The van der Waals surface area contributed by atoms with Crippen LogP contribution in [-0.4, -0.2) is 30.5 Å². The van der Waals surface area contributed by atoms with Crippen molar-refractivity contribution in [2.24, 2.45) is 0 Å². The predicted octanol–water partition coefficient (Wildman–Crippen LogP) is 2.45. The van der Waals surface area contributed by atoms with Gasteiger partial charge in [-0.2, -0.15) is 0 Å². The molecule has 0 aliphatic carbocycles. The minimum atomic E-state index is 0.0436. The van der Waals surface area contributed by atoms with Gasteiger partial charge < -0.3 is 19.9 Å². The van der Waals surface area contributed by atoms with Crippen molar-refractivity contribution in [1.82, 2.24) is 5.32 Å². The fourth-order valence-electron chi connectivity index (χ4n) is 2.33. The quantitative estimate of drug-likeness (QED) is 0.858. The SMILES string of the molecule is CCOc1cc(CNC2(C)CCCOC2)ccc1O. The number of phenols is 1. The largest absolute Gasteiger partial charge is 0.504 e. The Morgan fingerprint density at radius 2 is 2.32 bits per heavy atom. The van der Waals surface area contributed by atoms with Crippen LogP contribution in [-0.2, 0) is 11.3 Å². The standard InChI is InChI=1S/C15H23NO3/c1-3-19-14-9-12(5-6-13(14)17)10-16-15(2)7-4-8-18-11-15/h5-6,9,16-17H,3-4,7-8,10-11H2,1-2H3. The van der Waals surface area contributed by atoms with Gasteiger partial charge in [0.05, 0.1) is 13.2 Å². The number of aromatic hydroxyl groups is 1. The zero-order valence-electron chi connectivity index (χ0n) is 11.7. The number of benzene rings is 1. The zero-order valence-corrected chi connectivity index (χ0v) is 11.7. The number of phenolic OH excluding ortho intramolecular Hbond substituents is 1. The Hall–Kier alpha value is -1.26. The van der Waals surface area contributed by atoms with Crippen molar-refractivity contribution in [3.05, 3.63) is 23.8 Å². The third-order valence-corrected chi connectivity index (χ3v) is 3.48. The lowest BCUT2D eigenvalue weighted by Crippen LogP contribution is -2.48. The summed E-state index contributed by atoms with van der Waals surface area (Å²) in [4.78, 5) is 0. The molecule has 1 atom stereocenters. The zero-order chi connectivity index (χ0) is 13.7. The van der Waals surface area contributed by atoms with Crippen molar-refractivity contribution in [3.8, 4) is 11.5 Å². The highest BCUT2D eigenvalue weighted by atomic mass is 16.5. The smallest absolute Gasteiger partial charge is 0.161 e. The molecular weight excluding hydrogens is 242 g/mol. The van der Waals surface area contributed by atoms with Gasteiger partial charge in [-0.15, -0.1) is 0 Å². The molecule has 1 aromatic rings. The van der Waals surface area contributed by atoms with E-state index in [0.29, 0.717) is 12.4 Å². The van der Waals surface area contributed by atoms with Crippen molar-refractivity contribution in [2.75, 3.05) is 19.8 Å². The molecule has 1 saturated heterocycles. The molecule has 0 saturated carbocycles. The summed E-state index contributed by atoms with van der Waals surface area (Å²) in [5, 5.41) is 13.2. The van der Waals surface area contributed by atoms with Crippen molar-refractivity contribution in [3.63, 3.8) is 0 Å². The van der Waals surface area contributed by atoms with Crippen LogP contribution in [0.4, 0.5) is 0 Å². The van der Waals surface area contributed by atoms with Crippen molar-refractivity contribution < 1.29 is 14.6 Å². The summed E-state index contributed by atoms with van der Waals surface area (Å²) in [7, 11) is 0. The average molecular weight is 265 g/mol. The molecule has 0 radical (unpaired) electrons. The van der Waals surface area contributed by atoms with Crippen LogP contribution in [0.15, 0.2) is 18.2 Å². The number of ether oxygens (including phenoxy) is 2. The van der Waals surface area contributed by atoms with Gasteiger partial charge >= 0.3 is 0 Å². The minimum absolute atomic E-state index is 0.0436. The van der Waals surface area contributed by atoms with E-state index in [9.17, 15) is 5.11 Å². The molecule has 1 aliphatic rings. The Balaban J connectivity index is 1.97. The number of hydrogen-bond acceptors (Lipinski definition) is 4. The highest BCUT2D eigenvalue weighted by molar-refractivity contribution is 5.41. The monoisotopic (exact) mass is 265 g/mol. The summed E-state index contributed by atoms with van der Waals surface area (Å²) in [5.41, 5.74) is 1.15. The lowest BCUT2D eigenvalue weighted by atomic mass is 9.94. The number of nitrogens with one attached hydrogen (secondary N) is 1. The molecule has 19 heavy (non-hydrogen) atoms. The third kappa shape index (κ3) is 3.85. The normalized spacial score (nSPS) is 23.3. The lowest BCUT2D eigenvalue weighted by Gasteiger charge is -2.34. The molecule has 4 heteroatoms. The average Bonchev–Trinajstić information content (AvgIpc) is 2.41. The van der Waals surface area contributed by atoms with Crippen molar-refractivity contribution in [2.45, 2.75) is 38.8 Å². The summed E-state index contributed by atoms with van der Waals surface area (Å²) in [6, 6.07) is 5.48. The topological polar surface area (TPSA) is 50.7 Å². The second kappa shape index (κ2) is 6.26. The van der Waals surface area contributed by atoms with Gasteiger partial charge in [0.25, 0.3) is 0 Å². The second-order valence-corrected chi connectivity index (χ2v) is 5.31. The molecule has 2 N–H and O–H groups in total. The van der Waals surface area contributed by atoms with E-state index >= 15 is 0 Å². The Morgan fingerprint density at radius 3 is 3.00 bits per heavy atom. The molecule has 1 aromatic carbocycles. The van der Waals surface area contributed by atoms with Gasteiger partial charge in [0, 0.05) is 18.7 Å². The van der Waals surface area contributed by atoms with Crippen LogP contribution in [0.2, 0.25) is 0 Å². The molecule has 2 rings (SSSR count). The summed E-state index contributed by atoms with van der Waals surface area (Å²) in [6.07, 6.45) is 2.23. The maximum atomic E-state index is 9.67. The molecule has 1 fully saturated rings. The fraction of sp³-hybridized carbons (Fsp3) is 0.600. The fourth-order valence-corrected chi connectivity index (χ4v) is 2.33. The molecule has 0 bridgehead atoms. The number of rotatable bonds is 5. The minimum Gasteiger partial charge on any atom is -0.504 e. The van der Waals surface area contributed by atoms with Gasteiger partial charge in [-0.1, -0.05) is 6.07 Å². The Bertz CT molecular complexity index is 414. The van der Waals surface area contributed by atoms with E-state index in [2.05, 4.69) is 12.2 Å². The highest BCUT2D eigenvalue weighted by Gasteiger charge is 2.26. The van der Waals surface area contributed by atoms with Crippen LogP contribution >= 0.6 is 0 Å². The summed E-state index contributed by atoms with van der Waals surface area (Å²) < 4.78 is 10.9. The van der Waals surface area contributed by atoms with Crippen LogP contribution in [0, 0.1) is 0 Å². The second-order valence-electron chi connectivity index (χ2n) is 5.31.